The molecule has 2 atom stereocenters. The third-order valence-corrected chi connectivity index (χ3v) is 5.89. The van der Waals surface area contributed by atoms with Crippen molar-refractivity contribution in [3.63, 3.8) is 0 Å². The molecule has 0 unspecified atom stereocenters. The minimum absolute atomic E-state index is 0.383. The van der Waals surface area contributed by atoms with Crippen LogP contribution in [0.3, 0.4) is 0 Å². The van der Waals surface area contributed by atoms with Gasteiger partial charge in [-0.3, -0.25) is 0 Å². The lowest BCUT2D eigenvalue weighted by Crippen LogP contribution is -2.46. The predicted molar refractivity (Wildman–Crippen MR) is 113 cm³/mol. The Bertz CT molecular complexity index is 935. The van der Waals surface area contributed by atoms with E-state index in [1.165, 1.54) is 5.06 Å². The van der Waals surface area contributed by atoms with Gasteiger partial charge in [0.1, 0.15) is 11.4 Å². The minimum atomic E-state index is -0.625. The van der Waals surface area contributed by atoms with Gasteiger partial charge in [0.05, 0.1) is 25.3 Å². The zero-order chi connectivity index (χ0) is 20.5. The Labute approximate surface area is 172 Å². The van der Waals surface area contributed by atoms with E-state index in [4.69, 9.17) is 9.47 Å². The number of rotatable bonds is 7. The number of hydrogen-bond donors (Lipinski definition) is 1. The third-order valence-electron chi connectivity index (χ3n) is 5.89. The highest BCUT2D eigenvalue weighted by Gasteiger charge is 2.58. The van der Waals surface area contributed by atoms with Crippen LogP contribution in [-0.2, 0) is 15.9 Å². The zero-order valence-corrected chi connectivity index (χ0v) is 17.1. The fraction of sp³-hybridized carbons (Fsp3) is 0.280. The second-order valence-corrected chi connectivity index (χ2v) is 7.99. The molecule has 4 nitrogen and oxygen atoms in total. The van der Waals surface area contributed by atoms with Crippen LogP contribution in [0.25, 0.3) is 0 Å². The molecule has 3 aromatic carbocycles. The van der Waals surface area contributed by atoms with Crippen LogP contribution in [0.1, 0.15) is 36.6 Å². The summed E-state index contributed by atoms with van der Waals surface area (Å²) in [6, 6.07) is 27.6. The van der Waals surface area contributed by atoms with E-state index in [9.17, 15) is 5.21 Å². The van der Waals surface area contributed by atoms with Crippen molar-refractivity contribution in [3.05, 3.63) is 102 Å². The molecule has 0 saturated carbocycles. The standard InChI is InChI=1S/C25H27NO3/c1-24(2,20-10-6-4-7-11-20)26(27)23(19-14-16-22(28-3)17-15-19)25(18-29-25)21-12-8-5-9-13-21/h4-17,23,27H,18H2,1-3H3/t23-,25+/m1/s1. The van der Waals surface area contributed by atoms with Gasteiger partial charge in [-0.25, -0.2) is 0 Å². The second kappa shape index (κ2) is 7.64. The van der Waals surface area contributed by atoms with Crippen molar-refractivity contribution in [2.45, 2.75) is 31.0 Å². The van der Waals surface area contributed by atoms with E-state index in [1.54, 1.807) is 7.11 Å². The summed E-state index contributed by atoms with van der Waals surface area (Å²) in [6.07, 6.45) is 0. The van der Waals surface area contributed by atoms with E-state index >= 15 is 0 Å². The summed E-state index contributed by atoms with van der Waals surface area (Å²) in [6.45, 7) is 4.61. The van der Waals surface area contributed by atoms with Gasteiger partial charge in [0.2, 0.25) is 0 Å². The van der Waals surface area contributed by atoms with Gasteiger partial charge in [-0.2, -0.15) is 5.06 Å². The predicted octanol–water partition coefficient (Wildman–Crippen LogP) is 5.29. The van der Waals surface area contributed by atoms with Crippen LogP contribution < -0.4 is 4.74 Å². The Kier molecular flexibility index (Phi) is 5.17. The Hall–Kier alpha value is -2.66. The molecule has 0 aliphatic carbocycles. The average molecular weight is 389 g/mol. The molecule has 0 bridgehead atoms. The van der Waals surface area contributed by atoms with E-state index in [-0.39, 0.29) is 6.04 Å². The van der Waals surface area contributed by atoms with Crippen molar-refractivity contribution in [1.82, 2.24) is 5.06 Å². The molecule has 3 aromatic rings. The summed E-state index contributed by atoms with van der Waals surface area (Å²) in [5.41, 5.74) is 1.84. The molecule has 1 fully saturated rings. The molecule has 150 valence electrons. The maximum absolute atomic E-state index is 11.6. The summed E-state index contributed by atoms with van der Waals surface area (Å²) >= 11 is 0. The van der Waals surface area contributed by atoms with Crippen molar-refractivity contribution in [2.24, 2.45) is 0 Å². The first-order chi connectivity index (χ1) is 14.0. The molecule has 1 N–H and O–H groups in total. The van der Waals surface area contributed by atoms with Crippen molar-refractivity contribution in [1.29, 1.82) is 0 Å². The summed E-state index contributed by atoms with van der Waals surface area (Å²) in [5.74, 6) is 0.782. The molecule has 0 aromatic heterocycles. The molecule has 0 amide bonds. The lowest BCUT2D eigenvalue weighted by Gasteiger charge is -2.42. The summed E-state index contributed by atoms with van der Waals surface area (Å²) in [5, 5.41) is 13.1. The monoisotopic (exact) mass is 389 g/mol. The van der Waals surface area contributed by atoms with Gasteiger partial charge in [0, 0.05) is 0 Å². The number of methoxy groups -OCH3 is 1. The zero-order valence-electron chi connectivity index (χ0n) is 17.1. The molecular weight excluding hydrogens is 362 g/mol. The maximum atomic E-state index is 11.6. The van der Waals surface area contributed by atoms with E-state index in [0.717, 1.165) is 22.4 Å². The van der Waals surface area contributed by atoms with Gasteiger partial charge in [-0.15, -0.1) is 0 Å². The molecule has 4 rings (SSSR count). The van der Waals surface area contributed by atoms with Crippen molar-refractivity contribution in [3.8, 4) is 5.75 Å². The quantitative estimate of drug-likeness (QED) is 0.441. The Morgan fingerprint density at radius 1 is 0.931 bits per heavy atom. The summed E-state index contributed by atoms with van der Waals surface area (Å²) in [7, 11) is 1.65. The van der Waals surface area contributed by atoms with Gasteiger partial charge >= 0.3 is 0 Å². The molecular formula is C25H27NO3. The normalized spacial score (nSPS) is 19.8. The van der Waals surface area contributed by atoms with Crippen molar-refractivity contribution in [2.75, 3.05) is 13.7 Å². The fourth-order valence-electron chi connectivity index (χ4n) is 3.98. The van der Waals surface area contributed by atoms with Gasteiger partial charge in [-0.1, -0.05) is 72.8 Å². The van der Waals surface area contributed by atoms with E-state index in [2.05, 4.69) is 12.1 Å². The van der Waals surface area contributed by atoms with Gasteiger partial charge in [0.15, 0.2) is 0 Å². The summed E-state index contributed by atoms with van der Waals surface area (Å²) in [4.78, 5) is 0. The van der Waals surface area contributed by atoms with Crippen LogP contribution in [0.2, 0.25) is 0 Å². The lowest BCUT2D eigenvalue weighted by molar-refractivity contribution is -0.215. The fourth-order valence-corrected chi connectivity index (χ4v) is 3.98. The van der Waals surface area contributed by atoms with E-state index < -0.39 is 11.1 Å². The van der Waals surface area contributed by atoms with Gasteiger partial charge in [-0.05, 0) is 42.7 Å². The molecule has 1 aliphatic heterocycles. The first-order valence-corrected chi connectivity index (χ1v) is 9.86. The van der Waals surface area contributed by atoms with Crippen LogP contribution in [0.4, 0.5) is 0 Å². The lowest BCUT2D eigenvalue weighted by atomic mass is 9.83. The minimum Gasteiger partial charge on any atom is -0.497 e. The van der Waals surface area contributed by atoms with Crippen LogP contribution in [0.15, 0.2) is 84.9 Å². The first kappa shape index (κ1) is 19.6. The SMILES string of the molecule is COc1ccc([C@@H](N(O)C(C)(C)c2ccccc2)[C@@]2(c3ccccc3)CO2)cc1. The van der Waals surface area contributed by atoms with Crippen molar-refractivity contribution >= 4 is 0 Å². The van der Waals surface area contributed by atoms with E-state index in [1.807, 2.05) is 86.6 Å². The Morgan fingerprint density at radius 3 is 2.00 bits per heavy atom. The highest BCUT2D eigenvalue weighted by molar-refractivity contribution is 5.38. The van der Waals surface area contributed by atoms with Crippen LogP contribution in [0, 0.1) is 0 Å². The highest BCUT2D eigenvalue weighted by atomic mass is 16.6. The first-order valence-electron chi connectivity index (χ1n) is 9.86. The molecule has 29 heavy (non-hydrogen) atoms. The molecule has 0 spiro atoms. The van der Waals surface area contributed by atoms with Crippen molar-refractivity contribution < 1.29 is 14.7 Å². The Morgan fingerprint density at radius 2 is 1.48 bits per heavy atom. The average Bonchev–Trinajstić information content (AvgIpc) is 3.57. The second-order valence-electron chi connectivity index (χ2n) is 7.99. The van der Waals surface area contributed by atoms with Crippen LogP contribution >= 0.6 is 0 Å². The third kappa shape index (κ3) is 3.55. The Balaban J connectivity index is 1.80. The van der Waals surface area contributed by atoms with Gasteiger partial charge in [0.25, 0.3) is 0 Å². The number of epoxide rings is 1. The van der Waals surface area contributed by atoms with E-state index in [0.29, 0.717) is 6.61 Å². The number of ether oxygens (including phenoxy) is 2. The van der Waals surface area contributed by atoms with Gasteiger partial charge < -0.3 is 14.7 Å². The van der Waals surface area contributed by atoms with Crippen LogP contribution in [0.5, 0.6) is 5.75 Å². The number of hydroxylamine groups is 2. The molecule has 1 heterocycles. The molecule has 1 saturated heterocycles. The number of nitrogens with zero attached hydrogens (tertiary/aromatic N) is 1. The molecule has 0 radical (unpaired) electrons. The van der Waals surface area contributed by atoms with Crippen LogP contribution in [-0.4, -0.2) is 24.0 Å². The smallest absolute Gasteiger partial charge is 0.138 e. The largest absolute Gasteiger partial charge is 0.497 e. The number of hydrogen-bond acceptors (Lipinski definition) is 4. The highest BCUT2D eigenvalue weighted by Crippen LogP contribution is 2.53. The maximum Gasteiger partial charge on any atom is 0.138 e. The topological polar surface area (TPSA) is 45.2 Å². The molecule has 4 heteroatoms. The summed E-state index contributed by atoms with van der Waals surface area (Å²) < 4.78 is 11.4. The number of benzene rings is 3. The molecule has 1 aliphatic rings.